The maximum Gasteiger partial charge on any atom is 0.221 e. The smallest absolute Gasteiger partial charge is 0.221 e. The summed E-state index contributed by atoms with van der Waals surface area (Å²) in [6, 6.07) is 8.44. The highest BCUT2D eigenvalue weighted by Crippen LogP contribution is 2.52. The molecule has 2 heterocycles. The van der Waals surface area contributed by atoms with Crippen LogP contribution in [0, 0.1) is 0 Å². The Balaban J connectivity index is 2.19. The fourth-order valence-corrected chi connectivity index (χ4v) is 3.51. The predicted molar refractivity (Wildman–Crippen MR) is 68.0 cm³/mol. The normalized spacial score (nSPS) is 29.6. The minimum absolute atomic E-state index is 0.0511. The van der Waals surface area contributed by atoms with Crippen molar-refractivity contribution in [2.24, 2.45) is 0 Å². The summed E-state index contributed by atoms with van der Waals surface area (Å²) >= 11 is 0. The third-order valence-corrected chi connectivity index (χ3v) is 4.61. The van der Waals surface area contributed by atoms with Gasteiger partial charge in [0.25, 0.3) is 0 Å². The lowest BCUT2D eigenvalue weighted by Gasteiger charge is -2.43. The average molecular weight is 230 g/mol. The molecule has 2 aliphatic rings. The number of hydrogen-bond acceptors (Lipinski definition) is 2. The first kappa shape index (κ1) is 10.6. The number of anilines is 1. The Kier molecular flexibility index (Phi) is 1.90. The van der Waals surface area contributed by atoms with Gasteiger partial charge in [0.2, 0.25) is 5.91 Å². The molecule has 1 fully saturated rings. The molecule has 1 spiro atoms. The lowest BCUT2D eigenvalue weighted by Crippen LogP contribution is -2.61. The van der Waals surface area contributed by atoms with Crippen molar-refractivity contribution < 1.29 is 4.79 Å². The molecule has 0 aromatic heterocycles. The molecule has 1 atom stereocenters. The number of amides is 1. The molecule has 1 amide bonds. The minimum Gasteiger partial charge on any atom is -0.351 e. The summed E-state index contributed by atoms with van der Waals surface area (Å²) in [5, 5.41) is 3.20. The van der Waals surface area contributed by atoms with E-state index < -0.39 is 0 Å². The monoisotopic (exact) mass is 230 g/mol. The quantitative estimate of drug-likeness (QED) is 0.739. The zero-order chi connectivity index (χ0) is 12.3. The maximum atomic E-state index is 11.7. The number of carbonyl (C=O) groups excluding carboxylic acids is 1. The second-order valence-electron chi connectivity index (χ2n) is 5.61. The van der Waals surface area contributed by atoms with Crippen LogP contribution in [0.5, 0.6) is 0 Å². The van der Waals surface area contributed by atoms with Gasteiger partial charge < -0.3 is 10.2 Å². The van der Waals surface area contributed by atoms with Crippen LogP contribution in [-0.4, -0.2) is 18.6 Å². The van der Waals surface area contributed by atoms with Crippen molar-refractivity contribution in [3.05, 3.63) is 29.8 Å². The van der Waals surface area contributed by atoms with E-state index in [0.717, 1.165) is 6.42 Å². The number of para-hydroxylation sites is 1. The van der Waals surface area contributed by atoms with Crippen LogP contribution in [0.25, 0.3) is 0 Å². The molecular formula is C14H18N2O. The first-order chi connectivity index (χ1) is 7.99. The Labute approximate surface area is 102 Å². The van der Waals surface area contributed by atoms with Crippen molar-refractivity contribution in [3.8, 4) is 0 Å². The van der Waals surface area contributed by atoms with Gasteiger partial charge in [0.15, 0.2) is 0 Å². The van der Waals surface area contributed by atoms with Crippen LogP contribution in [0.3, 0.4) is 0 Å². The Morgan fingerprint density at radius 2 is 2.00 bits per heavy atom. The van der Waals surface area contributed by atoms with E-state index >= 15 is 0 Å². The van der Waals surface area contributed by atoms with Gasteiger partial charge in [-0.2, -0.15) is 0 Å². The zero-order valence-corrected chi connectivity index (χ0v) is 10.6. The summed E-state index contributed by atoms with van der Waals surface area (Å²) in [4.78, 5) is 13.9. The van der Waals surface area contributed by atoms with Crippen LogP contribution >= 0.6 is 0 Å². The first-order valence-electron chi connectivity index (χ1n) is 6.13. The van der Waals surface area contributed by atoms with Gasteiger partial charge in [-0.05, 0) is 18.1 Å². The number of carbonyl (C=O) groups is 1. The van der Waals surface area contributed by atoms with Gasteiger partial charge >= 0.3 is 0 Å². The maximum absolute atomic E-state index is 11.7. The molecule has 0 radical (unpaired) electrons. The standard InChI is InChI=1S/C14H18N2O/c1-13(2)10-6-4-5-7-11(10)16(3)14(13)9-8-12(17)15-14/h4-7H,8-9H2,1-3H3,(H,15,17). The lowest BCUT2D eigenvalue weighted by atomic mass is 9.75. The van der Waals surface area contributed by atoms with E-state index in [2.05, 4.69) is 55.4 Å². The van der Waals surface area contributed by atoms with E-state index in [4.69, 9.17) is 0 Å². The summed E-state index contributed by atoms with van der Waals surface area (Å²) in [5.41, 5.74) is 2.27. The second kappa shape index (κ2) is 3.03. The minimum atomic E-state index is -0.242. The third-order valence-electron chi connectivity index (χ3n) is 4.61. The number of nitrogens with one attached hydrogen (secondary N) is 1. The second-order valence-corrected chi connectivity index (χ2v) is 5.61. The fraction of sp³-hybridized carbons (Fsp3) is 0.500. The van der Waals surface area contributed by atoms with Crippen LogP contribution in [-0.2, 0) is 10.2 Å². The molecule has 0 bridgehead atoms. The Morgan fingerprint density at radius 1 is 1.29 bits per heavy atom. The highest BCUT2D eigenvalue weighted by molar-refractivity contribution is 5.83. The van der Waals surface area contributed by atoms with Gasteiger partial charge in [-0.1, -0.05) is 32.0 Å². The number of rotatable bonds is 0. The van der Waals surface area contributed by atoms with Gasteiger partial charge in [-0.25, -0.2) is 0 Å². The molecule has 0 saturated carbocycles. The SMILES string of the molecule is CN1c2ccccc2C(C)(C)C12CCC(=O)N2. The Bertz CT molecular complexity index is 495. The van der Waals surface area contributed by atoms with Crippen LogP contribution in [0.2, 0.25) is 0 Å². The number of hydrogen-bond donors (Lipinski definition) is 1. The number of likely N-dealkylation sites (N-methyl/N-ethyl adjacent to an activating group) is 1. The molecule has 3 heteroatoms. The molecule has 1 unspecified atom stereocenters. The first-order valence-corrected chi connectivity index (χ1v) is 6.13. The summed E-state index contributed by atoms with van der Waals surface area (Å²) in [7, 11) is 2.08. The van der Waals surface area contributed by atoms with Gasteiger partial charge in [0.1, 0.15) is 5.66 Å². The van der Waals surface area contributed by atoms with Crippen molar-refractivity contribution in [3.63, 3.8) is 0 Å². The average Bonchev–Trinajstić information content (AvgIpc) is 2.77. The van der Waals surface area contributed by atoms with E-state index in [1.165, 1.54) is 11.3 Å². The van der Waals surface area contributed by atoms with Gasteiger partial charge in [-0.3, -0.25) is 4.79 Å². The molecule has 17 heavy (non-hydrogen) atoms. The van der Waals surface area contributed by atoms with Crippen molar-refractivity contribution in [2.75, 3.05) is 11.9 Å². The van der Waals surface area contributed by atoms with Crippen LogP contribution < -0.4 is 10.2 Å². The molecule has 1 saturated heterocycles. The van der Waals surface area contributed by atoms with Gasteiger partial charge in [0.05, 0.1) is 0 Å². The molecule has 0 aliphatic carbocycles. The summed E-state index contributed by atoms with van der Waals surface area (Å²) < 4.78 is 0. The highest BCUT2D eigenvalue weighted by atomic mass is 16.2. The van der Waals surface area contributed by atoms with E-state index in [-0.39, 0.29) is 17.0 Å². The van der Waals surface area contributed by atoms with Crippen LogP contribution in [0.1, 0.15) is 32.3 Å². The lowest BCUT2D eigenvalue weighted by molar-refractivity contribution is -0.120. The zero-order valence-electron chi connectivity index (χ0n) is 10.6. The molecular weight excluding hydrogens is 212 g/mol. The highest BCUT2D eigenvalue weighted by Gasteiger charge is 2.58. The summed E-state index contributed by atoms with van der Waals surface area (Å²) in [6.07, 6.45) is 1.51. The van der Waals surface area contributed by atoms with Crippen molar-refractivity contribution in [1.82, 2.24) is 5.32 Å². The van der Waals surface area contributed by atoms with Gasteiger partial charge in [0, 0.05) is 24.6 Å². The molecule has 3 rings (SSSR count). The molecule has 1 N–H and O–H groups in total. The van der Waals surface area contributed by atoms with E-state index in [0.29, 0.717) is 6.42 Å². The molecule has 3 nitrogen and oxygen atoms in total. The van der Waals surface area contributed by atoms with E-state index in [1.54, 1.807) is 0 Å². The Hall–Kier alpha value is -1.51. The number of fused-ring (bicyclic) bond motifs is 1. The summed E-state index contributed by atoms with van der Waals surface area (Å²) in [6.45, 7) is 4.45. The number of benzene rings is 1. The molecule has 1 aromatic rings. The largest absolute Gasteiger partial charge is 0.351 e. The van der Waals surface area contributed by atoms with Gasteiger partial charge in [-0.15, -0.1) is 0 Å². The van der Waals surface area contributed by atoms with Crippen LogP contribution in [0.15, 0.2) is 24.3 Å². The molecule has 1 aromatic carbocycles. The molecule has 2 aliphatic heterocycles. The van der Waals surface area contributed by atoms with E-state index in [1.807, 2.05) is 0 Å². The predicted octanol–water partition coefficient (Wildman–Crippen LogP) is 2.02. The fourth-order valence-electron chi connectivity index (χ4n) is 3.51. The number of nitrogens with zero attached hydrogens (tertiary/aromatic N) is 1. The van der Waals surface area contributed by atoms with Crippen molar-refractivity contribution in [1.29, 1.82) is 0 Å². The molecule has 90 valence electrons. The summed E-state index contributed by atoms with van der Waals surface area (Å²) in [5.74, 6) is 0.165. The topological polar surface area (TPSA) is 32.3 Å². The third kappa shape index (κ3) is 1.09. The Morgan fingerprint density at radius 3 is 2.59 bits per heavy atom. The van der Waals surface area contributed by atoms with Crippen LogP contribution in [0.4, 0.5) is 5.69 Å². The van der Waals surface area contributed by atoms with E-state index in [9.17, 15) is 4.79 Å². The van der Waals surface area contributed by atoms with Crippen molar-refractivity contribution in [2.45, 2.75) is 37.8 Å². The van der Waals surface area contributed by atoms with Crippen molar-refractivity contribution >= 4 is 11.6 Å².